The second-order valence-corrected chi connectivity index (χ2v) is 8.55. The van der Waals surface area contributed by atoms with Crippen LogP contribution in [-0.4, -0.2) is 58.3 Å². The van der Waals surface area contributed by atoms with Crippen molar-refractivity contribution in [3.05, 3.63) is 53.2 Å². The molecule has 3 aliphatic heterocycles. The van der Waals surface area contributed by atoms with Crippen molar-refractivity contribution in [3.8, 4) is 0 Å². The second kappa shape index (κ2) is 7.87. The summed E-state index contributed by atoms with van der Waals surface area (Å²) in [5, 5.41) is 3.19. The normalized spacial score (nSPS) is 25.9. The van der Waals surface area contributed by atoms with E-state index < -0.39 is 0 Å². The first kappa shape index (κ1) is 19.3. The van der Waals surface area contributed by atoms with Crippen LogP contribution in [0.4, 0.5) is 0 Å². The first-order valence-electron chi connectivity index (χ1n) is 11.0. The Hall–Kier alpha value is -2.67. The molecule has 0 bridgehead atoms. The minimum absolute atomic E-state index is 0.00412. The van der Waals surface area contributed by atoms with Crippen LogP contribution < -0.4 is 5.32 Å². The average molecular weight is 409 g/mol. The third-order valence-corrected chi connectivity index (χ3v) is 6.70. The third kappa shape index (κ3) is 3.41. The van der Waals surface area contributed by atoms with Gasteiger partial charge >= 0.3 is 0 Å². The Morgan fingerprint density at radius 2 is 2.13 bits per heavy atom. The number of rotatable bonds is 4. The van der Waals surface area contributed by atoms with Crippen LogP contribution in [-0.2, 0) is 29.0 Å². The van der Waals surface area contributed by atoms with E-state index in [0.717, 1.165) is 36.4 Å². The van der Waals surface area contributed by atoms with Gasteiger partial charge in [0.05, 0.1) is 19.0 Å². The van der Waals surface area contributed by atoms with Gasteiger partial charge < -0.3 is 19.5 Å². The molecule has 0 saturated carbocycles. The molecule has 2 amide bonds. The maximum atomic E-state index is 13.4. The summed E-state index contributed by atoms with van der Waals surface area (Å²) in [5.74, 6) is 1.77. The molecule has 1 N–H and O–H groups in total. The van der Waals surface area contributed by atoms with Gasteiger partial charge in [0, 0.05) is 38.0 Å². The Kier molecular flexibility index (Phi) is 5.06. The predicted molar refractivity (Wildman–Crippen MR) is 111 cm³/mol. The molecule has 1 aromatic carbocycles. The average Bonchev–Trinajstić information content (AvgIpc) is 3.34. The molecule has 5 rings (SSSR count). The topological polar surface area (TPSA) is 78.7 Å². The molecule has 2 aromatic rings. The molecular weight excluding hydrogens is 380 g/mol. The molecule has 1 aromatic heterocycles. The Balaban J connectivity index is 1.30. The Morgan fingerprint density at radius 3 is 2.93 bits per heavy atom. The fourth-order valence-electron chi connectivity index (χ4n) is 5.30. The molecule has 7 heteroatoms. The number of carbonyl (C=O) groups excluding carboxylic acids is 2. The number of hydrogen-bond donors (Lipinski definition) is 1. The predicted octanol–water partition coefficient (Wildman–Crippen LogP) is 1.75. The van der Waals surface area contributed by atoms with Gasteiger partial charge in [0.2, 0.25) is 11.8 Å². The van der Waals surface area contributed by atoms with E-state index in [0.29, 0.717) is 38.4 Å². The SMILES string of the molecule is CC[C@@H]1[C@H](C(=O)N2CCc3oc(Cc4ccccc4)nc3C2)C[C@@H]2CNCC(=O)N21. The molecule has 2 saturated heterocycles. The zero-order chi connectivity index (χ0) is 20.7. The summed E-state index contributed by atoms with van der Waals surface area (Å²) in [6, 6.07) is 10.3. The van der Waals surface area contributed by atoms with Crippen LogP contribution in [0.15, 0.2) is 34.7 Å². The summed E-state index contributed by atoms with van der Waals surface area (Å²) in [6.45, 7) is 4.38. The lowest BCUT2D eigenvalue weighted by atomic mass is 9.94. The Bertz CT molecular complexity index is 941. The zero-order valence-electron chi connectivity index (χ0n) is 17.3. The molecule has 0 unspecified atom stereocenters. The van der Waals surface area contributed by atoms with Crippen LogP contribution in [0.3, 0.4) is 0 Å². The fourth-order valence-corrected chi connectivity index (χ4v) is 5.30. The second-order valence-electron chi connectivity index (χ2n) is 8.55. The van der Waals surface area contributed by atoms with Crippen molar-refractivity contribution in [1.82, 2.24) is 20.1 Å². The van der Waals surface area contributed by atoms with Crippen molar-refractivity contribution >= 4 is 11.8 Å². The maximum absolute atomic E-state index is 13.4. The van der Waals surface area contributed by atoms with Gasteiger partial charge in [-0.15, -0.1) is 0 Å². The zero-order valence-corrected chi connectivity index (χ0v) is 17.3. The number of nitrogens with zero attached hydrogens (tertiary/aromatic N) is 3. The number of benzene rings is 1. The standard InChI is InChI=1S/C23H28N4O3/c1-2-19-17(11-16-12-24-13-22(28)27(16)19)23(29)26-9-8-20-18(14-26)25-21(30-20)10-15-6-4-3-5-7-15/h3-7,16-17,19,24H,2,8-14H2,1H3/t16-,17-,19-/m1/s1. The minimum atomic E-state index is -0.124. The van der Waals surface area contributed by atoms with Gasteiger partial charge in [-0.3, -0.25) is 9.59 Å². The molecule has 4 heterocycles. The first-order valence-corrected chi connectivity index (χ1v) is 11.0. The molecule has 0 spiro atoms. The summed E-state index contributed by atoms with van der Waals surface area (Å²) >= 11 is 0. The van der Waals surface area contributed by atoms with Crippen molar-refractivity contribution < 1.29 is 14.0 Å². The molecule has 7 nitrogen and oxygen atoms in total. The van der Waals surface area contributed by atoms with E-state index in [4.69, 9.17) is 9.40 Å². The molecule has 0 aliphatic carbocycles. The largest absolute Gasteiger partial charge is 0.445 e. The maximum Gasteiger partial charge on any atom is 0.237 e. The van der Waals surface area contributed by atoms with Gasteiger partial charge in [-0.1, -0.05) is 37.3 Å². The number of oxazole rings is 1. The number of aromatic nitrogens is 1. The van der Waals surface area contributed by atoms with Gasteiger partial charge in [-0.2, -0.15) is 0 Å². The monoisotopic (exact) mass is 408 g/mol. The van der Waals surface area contributed by atoms with E-state index >= 15 is 0 Å². The van der Waals surface area contributed by atoms with Crippen LogP contribution >= 0.6 is 0 Å². The van der Waals surface area contributed by atoms with Gasteiger partial charge in [-0.25, -0.2) is 4.98 Å². The Morgan fingerprint density at radius 1 is 1.30 bits per heavy atom. The minimum Gasteiger partial charge on any atom is -0.445 e. The highest BCUT2D eigenvalue weighted by molar-refractivity contribution is 5.85. The lowest BCUT2D eigenvalue weighted by Gasteiger charge is -2.35. The van der Waals surface area contributed by atoms with E-state index in [1.54, 1.807) is 0 Å². The number of nitrogens with one attached hydrogen (secondary N) is 1. The van der Waals surface area contributed by atoms with Crippen molar-refractivity contribution in [2.24, 2.45) is 5.92 Å². The summed E-state index contributed by atoms with van der Waals surface area (Å²) in [5.41, 5.74) is 2.04. The molecule has 158 valence electrons. The number of piperazine rings is 1. The first-order chi connectivity index (χ1) is 14.6. The van der Waals surface area contributed by atoms with Crippen LogP contribution in [0, 0.1) is 5.92 Å². The van der Waals surface area contributed by atoms with Gasteiger partial charge in [0.1, 0.15) is 11.5 Å². The summed E-state index contributed by atoms with van der Waals surface area (Å²) in [7, 11) is 0. The molecular formula is C23H28N4O3. The lowest BCUT2D eigenvalue weighted by molar-refractivity contribution is -0.139. The van der Waals surface area contributed by atoms with E-state index in [9.17, 15) is 9.59 Å². The smallest absolute Gasteiger partial charge is 0.237 e. The van der Waals surface area contributed by atoms with E-state index in [1.807, 2.05) is 28.0 Å². The van der Waals surface area contributed by atoms with Crippen LogP contribution in [0.2, 0.25) is 0 Å². The summed E-state index contributed by atoms with van der Waals surface area (Å²) in [4.78, 5) is 34.4. The van der Waals surface area contributed by atoms with Gasteiger partial charge in [0.25, 0.3) is 0 Å². The fraction of sp³-hybridized carbons (Fsp3) is 0.522. The highest BCUT2D eigenvalue weighted by Crippen LogP contribution is 2.35. The highest BCUT2D eigenvalue weighted by Gasteiger charge is 2.48. The van der Waals surface area contributed by atoms with Crippen molar-refractivity contribution in [1.29, 1.82) is 0 Å². The van der Waals surface area contributed by atoms with Crippen LogP contribution in [0.1, 0.15) is 42.7 Å². The van der Waals surface area contributed by atoms with Gasteiger partial charge in [0.15, 0.2) is 5.89 Å². The molecule has 3 atom stereocenters. The summed E-state index contributed by atoms with van der Waals surface area (Å²) in [6.07, 6.45) is 2.91. The molecule has 30 heavy (non-hydrogen) atoms. The molecule has 2 fully saturated rings. The van der Waals surface area contributed by atoms with Crippen LogP contribution in [0.5, 0.6) is 0 Å². The third-order valence-electron chi connectivity index (χ3n) is 6.70. The Labute approximate surface area is 176 Å². The van der Waals surface area contributed by atoms with Crippen LogP contribution in [0.25, 0.3) is 0 Å². The number of carbonyl (C=O) groups is 2. The van der Waals surface area contributed by atoms with Crippen molar-refractivity contribution in [2.45, 2.75) is 51.2 Å². The van der Waals surface area contributed by atoms with Crippen molar-refractivity contribution in [3.63, 3.8) is 0 Å². The van der Waals surface area contributed by atoms with Gasteiger partial charge in [-0.05, 0) is 18.4 Å². The quantitative estimate of drug-likeness (QED) is 0.834. The molecule has 3 aliphatic rings. The number of fused-ring (bicyclic) bond motifs is 2. The van der Waals surface area contributed by atoms with E-state index in [-0.39, 0.29) is 29.8 Å². The molecule has 0 radical (unpaired) electrons. The van der Waals surface area contributed by atoms with E-state index in [2.05, 4.69) is 24.4 Å². The summed E-state index contributed by atoms with van der Waals surface area (Å²) < 4.78 is 5.99. The number of hydrogen-bond acceptors (Lipinski definition) is 5. The van der Waals surface area contributed by atoms with Crippen molar-refractivity contribution in [2.75, 3.05) is 19.6 Å². The highest BCUT2D eigenvalue weighted by atomic mass is 16.4. The lowest BCUT2D eigenvalue weighted by Crippen LogP contribution is -2.55. The van der Waals surface area contributed by atoms with E-state index in [1.165, 1.54) is 0 Å². The number of amides is 2.